The third-order valence-corrected chi connectivity index (χ3v) is 4.26. The number of aryl methyl sites for hydroxylation is 1. The minimum Gasteiger partial charge on any atom is -0.497 e. The van der Waals surface area contributed by atoms with Gasteiger partial charge in [-0.05, 0) is 24.3 Å². The van der Waals surface area contributed by atoms with Gasteiger partial charge < -0.3 is 4.74 Å². The van der Waals surface area contributed by atoms with Crippen molar-refractivity contribution in [2.75, 3.05) is 12.4 Å². The summed E-state index contributed by atoms with van der Waals surface area (Å²) in [7, 11) is 3.25. The lowest BCUT2D eigenvalue weighted by atomic mass is 10.2. The highest BCUT2D eigenvalue weighted by Crippen LogP contribution is 2.28. The molecule has 1 N–H and O–H groups in total. The first-order valence-corrected chi connectivity index (χ1v) is 7.74. The molecule has 0 radical (unpaired) electrons. The van der Waals surface area contributed by atoms with E-state index in [1.165, 1.54) is 22.2 Å². The predicted molar refractivity (Wildman–Crippen MR) is 88.1 cm³/mol. The van der Waals surface area contributed by atoms with Gasteiger partial charge in [-0.1, -0.05) is 22.9 Å². The van der Waals surface area contributed by atoms with Gasteiger partial charge in [0.1, 0.15) is 16.5 Å². The van der Waals surface area contributed by atoms with Gasteiger partial charge in [0, 0.05) is 12.6 Å². The van der Waals surface area contributed by atoms with Gasteiger partial charge >= 0.3 is 0 Å². The third kappa shape index (κ3) is 3.17. The minimum absolute atomic E-state index is 0.271. The molecule has 3 aromatic rings. The van der Waals surface area contributed by atoms with Crippen molar-refractivity contribution in [1.82, 2.24) is 20.0 Å². The van der Waals surface area contributed by atoms with Crippen LogP contribution in [-0.2, 0) is 7.05 Å². The molecule has 2 aromatic heterocycles. The van der Waals surface area contributed by atoms with E-state index >= 15 is 0 Å². The minimum atomic E-state index is -0.382. The van der Waals surface area contributed by atoms with Crippen LogP contribution in [0.25, 0.3) is 10.6 Å². The molecule has 0 atom stereocenters. The summed E-state index contributed by atoms with van der Waals surface area (Å²) in [5, 5.41) is 16.0. The molecule has 0 saturated heterocycles. The Kier molecular flexibility index (Phi) is 4.26. The summed E-state index contributed by atoms with van der Waals surface area (Å²) in [6.45, 7) is 0. The van der Waals surface area contributed by atoms with Gasteiger partial charge in [-0.15, -0.1) is 10.2 Å². The second kappa shape index (κ2) is 6.35. The van der Waals surface area contributed by atoms with Crippen LogP contribution in [0.15, 0.2) is 30.5 Å². The molecule has 0 bridgehead atoms. The van der Waals surface area contributed by atoms with Crippen molar-refractivity contribution in [2.24, 2.45) is 7.05 Å². The van der Waals surface area contributed by atoms with E-state index in [1.807, 2.05) is 24.3 Å². The zero-order valence-corrected chi connectivity index (χ0v) is 13.9. The van der Waals surface area contributed by atoms with E-state index in [4.69, 9.17) is 16.3 Å². The number of benzene rings is 1. The SMILES string of the molecule is COc1ccc(-c2nnc(NC(=O)c3c(Cl)cnn3C)s2)cc1. The van der Waals surface area contributed by atoms with Crippen LogP contribution < -0.4 is 10.1 Å². The molecule has 0 saturated carbocycles. The Hall–Kier alpha value is -2.45. The Morgan fingerprint density at radius 2 is 2.04 bits per heavy atom. The number of amides is 1. The average molecular weight is 350 g/mol. The molecule has 1 amide bonds. The van der Waals surface area contributed by atoms with Gasteiger partial charge in [0.15, 0.2) is 0 Å². The molecular weight excluding hydrogens is 338 g/mol. The maximum atomic E-state index is 12.2. The molecule has 0 spiro atoms. The summed E-state index contributed by atoms with van der Waals surface area (Å²) in [6.07, 6.45) is 1.42. The topological polar surface area (TPSA) is 81.9 Å². The normalized spacial score (nSPS) is 10.6. The number of rotatable bonds is 4. The lowest BCUT2D eigenvalue weighted by molar-refractivity contribution is 0.101. The summed E-state index contributed by atoms with van der Waals surface area (Å²) in [6, 6.07) is 7.43. The van der Waals surface area contributed by atoms with Gasteiger partial charge in [-0.2, -0.15) is 5.10 Å². The van der Waals surface area contributed by atoms with Crippen LogP contribution in [0.3, 0.4) is 0 Å². The summed E-state index contributed by atoms with van der Waals surface area (Å²) in [4.78, 5) is 12.2. The Balaban J connectivity index is 1.78. The number of anilines is 1. The maximum absolute atomic E-state index is 12.2. The Labute approximate surface area is 140 Å². The summed E-state index contributed by atoms with van der Waals surface area (Å²) in [5.74, 6) is 0.380. The Morgan fingerprint density at radius 1 is 1.30 bits per heavy atom. The van der Waals surface area contributed by atoms with Crippen LogP contribution in [0.4, 0.5) is 5.13 Å². The molecule has 9 heteroatoms. The highest BCUT2D eigenvalue weighted by molar-refractivity contribution is 7.18. The summed E-state index contributed by atoms with van der Waals surface area (Å²) in [5.41, 5.74) is 1.16. The largest absolute Gasteiger partial charge is 0.497 e. The van der Waals surface area contributed by atoms with Crippen LogP contribution in [0.1, 0.15) is 10.5 Å². The van der Waals surface area contributed by atoms with E-state index < -0.39 is 0 Å². The van der Waals surface area contributed by atoms with Crippen LogP contribution in [0.2, 0.25) is 5.02 Å². The Morgan fingerprint density at radius 3 is 2.65 bits per heavy atom. The highest BCUT2D eigenvalue weighted by Gasteiger charge is 2.17. The van der Waals surface area contributed by atoms with Crippen molar-refractivity contribution in [3.63, 3.8) is 0 Å². The van der Waals surface area contributed by atoms with E-state index in [1.54, 1.807) is 14.2 Å². The predicted octanol–water partition coefficient (Wildman–Crippen LogP) is 2.85. The number of aromatic nitrogens is 4. The zero-order valence-electron chi connectivity index (χ0n) is 12.3. The lowest BCUT2D eigenvalue weighted by Gasteiger charge is -2.02. The lowest BCUT2D eigenvalue weighted by Crippen LogP contribution is -2.16. The Bertz CT molecular complexity index is 824. The number of hydrogen-bond donors (Lipinski definition) is 1. The van der Waals surface area contributed by atoms with E-state index in [-0.39, 0.29) is 16.6 Å². The molecular formula is C14H12ClN5O2S. The number of nitrogens with zero attached hydrogens (tertiary/aromatic N) is 4. The van der Waals surface area contributed by atoms with Crippen molar-refractivity contribution >= 4 is 34.0 Å². The van der Waals surface area contributed by atoms with Crippen molar-refractivity contribution < 1.29 is 9.53 Å². The van der Waals surface area contributed by atoms with Gasteiger partial charge in [0.2, 0.25) is 5.13 Å². The van der Waals surface area contributed by atoms with E-state index in [2.05, 4.69) is 20.6 Å². The second-order valence-electron chi connectivity index (χ2n) is 4.56. The summed E-state index contributed by atoms with van der Waals surface area (Å²) < 4.78 is 6.52. The molecule has 2 heterocycles. The highest BCUT2D eigenvalue weighted by atomic mass is 35.5. The molecule has 0 fully saturated rings. The maximum Gasteiger partial charge on any atom is 0.277 e. The molecule has 23 heavy (non-hydrogen) atoms. The van der Waals surface area contributed by atoms with Gasteiger partial charge in [-0.25, -0.2) is 0 Å². The molecule has 0 aliphatic rings. The fourth-order valence-corrected chi connectivity index (χ4v) is 2.94. The first-order valence-electron chi connectivity index (χ1n) is 6.55. The van der Waals surface area contributed by atoms with Crippen LogP contribution in [-0.4, -0.2) is 33.0 Å². The van der Waals surface area contributed by atoms with Gasteiger partial charge in [0.05, 0.1) is 18.3 Å². The van der Waals surface area contributed by atoms with E-state index in [0.29, 0.717) is 10.1 Å². The third-order valence-electron chi connectivity index (χ3n) is 3.09. The number of carbonyl (C=O) groups excluding carboxylic acids is 1. The fourth-order valence-electron chi connectivity index (χ4n) is 1.95. The first-order chi connectivity index (χ1) is 11.1. The smallest absolute Gasteiger partial charge is 0.277 e. The van der Waals surface area contributed by atoms with E-state index in [0.717, 1.165) is 11.3 Å². The molecule has 118 valence electrons. The summed E-state index contributed by atoms with van der Waals surface area (Å²) >= 11 is 7.22. The monoisotopic (exact) mass is 349 g/mol. The number of methoxy groups -OCH3 is 1. The number of nitrogens with one attached hydrogen (secondary N) is 1. The van der Waals surface area contributed by atoms with Crippen LogP contribution >= 0.6 is 22.9 Å². The molecule has 7 nitrogen and oxygen atoms in total. The molecule has 0 aliphatic carbocycles. The van der Waals surface area contributed by atoms with Crippen LogP contribution in [0, 0.1) is 0 Å². The number of halogens is 1. The van der Waals surface area contributed by atoms with Crippen molar-refractivity contribution in [1.29, 1.82) is 0 Å². The van der Waals surface area contributed by atoms with Crippen molar-refractivity contribution in [3.8, 4) is 16.3 Å². The van der Waals surface area contributed by atoms with Crippen molar-refractivity contribution in [2.45, 2.75) is 0 Å². The second-order valence-corrected chi connectivity index (χ2v) is 5.94. The van der Waals surface area contributed by atoms with Gasteiger partial charge in [-0.3, -0.25) is 14.8 Å². The van der Waals surface area contributed by atoms with Crippen LogP contribution in [0.5, 0.6) is 5.75 Å². The number of hydrogen-bond acceptors (Lipinski definition) is 6. The van der Waals surface area contributed by atoms with E-state index in [9.17, 15) is 4.79 Å². The molecule has 1 aromatic carbocycles. The fraction of sp³-hybridized carbons (Fsp3) is 0.143. The molecule has 3 rings (SSSR count). The first kappa shape index (κ1) is 15.4. The molecule has 0 aliphatic heterocycles. The average Bonchev–Trinajstić information content (AvgIpc) is 3.14. The quantitative estimate of drug-likeness (QED) is 0.783. The zero-order chi connectivity index (χ0) is 16.4. The number of carbonyl (C=O) groups is 1. The van der Waals surface area contributed by atoms with Crippen molar-refractivity contribution in [3.05, 3.63) is 41.2 Å². The standard InChI is InChI=1S/C14H12ClN5O2S/c1-20-11(10(15)7-16-20)12(21)17-14-19-18-13(23-14)8-3-5-9(22-2)6-4-8/h3-7H,1-2H3,(H,17,19,21). The number of ether oxygens (including phenoxy) is 1. The van der Waals surface area contributed by atoms with Gasteiger partial charge in [0.25, 0.3) is 5.91 Å². The molecule has 0 unspecified atom stereocenters.